The molecule has 0 saturated heterocycles. The number of aromatic hydroxyl groups is 2. The van der Waals surface area contributed by atoms with E-state index in [1.165, 1.54) is 0 Å². The van der Waals surface area contributed by atoms with Crippen LogP contribution in [0.2, 0.25) is 0 Å². The molecule has 0 amide bonds. The minimum atomic E-state index is 0.00832. The van der Waals surface area contributed by atoms with Gasteiger partial charge < -0.3 is 14.9 Å². The summed E-state index contributed by atoms with van der Waals surface area (Å²) in [5, 5.41) is 19.3. The van der Waals surface area contributed by atoms with Crippen molar-refractivity contribution < 1.29 is 14.9 Å². The molecule has 0 aliphatic rings. The summed E-state index contributed by atoms with van der Waals surface area (Å²) in [6, 6.07) is 12.6. The van der Waals surface area contributed by atoms with Crippen molar-refractivity contribution in [2.45, 2.75) is 39.0 Å². The third-order valence-electron chi connectivity index (χ3n) is 3.78. The molecule has 0 spiro atoms. The van der Waals surface area contributed by atoms with E-state index in [0.717, 1.165) is 11.1 Å². The normalized spacial score (nSPS) is 12.9. The van der Waals surface area contributed by atoms with E-state index >= 15 is 0 Å². The van der Waals surface area contributed by atoms with Gasteiger partial charge in [-0.15, -0.1) is 0 Å². The van der Waals surface area contributed by atoms with Gasteiger partial charge in [-0.1, -0.05) is 45.9 Å². The van der Waals surface area contributed by atoms with Crippen LogP contribution in [0.25, 0.3) is 0 Å². The van der Waals surface area contributed by atoms with Crippen LogP contribution >= 0.6 is 0 Å². The number of phenolic OH excluding ortho intramolecular Hbond substituents is 2. The Balaban J connectivity index is 2.09. The second kappa shape index (κ2) is 6.30. The molecule has 2 aromatic rings. The maximum atomic E-state index is 9.96. The maximum Gasteiger partial charge on any atom is 0.161 e. The Bertz CT molecular complexity index is 624. The highest BCUT2D eigenvalue weighted by Crippen LogP contribution is 2.33. The molecule has 1 atom stereocenters. The summed E-state index contributed by atoms with van der Waals surface area (Å²) in [6.07, 6.45) is 0. The molecule has 2 rings (SSSR count). The predicted octanol–water partition coefficient (Wildman–Crippen LogP) is 4.58. The maximum absolute atomic E-state index is 9.96. The zero-order chi connectivity index (χ0) is 16.3. The Morgan fingerprint density at radius 2 is 1.64 bits per heavy atom. The lowest BCUT2D eigenvalue weighted by molar-refractivity contribution is 0.280. The molecule has 2 N–H and O–H groups in total. The van der Waals surface area contributed by atoms with Crippen LogP contribution in [0.1, 0.15) is 44.7 Å². The first-order valence-electron chi connectivity index (χ1n) is 7.52. The largest absolute Gasteiger partial charge is 0.508 e. The molecule has 0 aliphatic carbocycles. The molecule has 0 aliphatic heterocycles. The molecule has 2 aromatic carbocycles. The average molecular weight is 300 g/mol. The fourth-order valence-corrected chi connectivity index (χ4v) is 2.21. The zero-order valence-corrected chi connectivity index (χ0v) is 13.6. The van der Waals surface area contributed by atoms with Crippen LogP contribution in [-0.4, -0.2) is 16.8 Å². The van der Waals surface area contributed by atoms with Gasteiger partial charge >= 0.3 is 0 Å². The van der Waals surface area contributed by atoms with E-state index < -0.39 is 0 Å². The van der Waals surface area contributed by atoms with Crippen LogP contribution in [0, 0.1) is 0 Å². The van der Waals surface area contributed by atoms with Crippen LogP contribution in [0.3, 0.4) is 0 Å². The summed E-state index contributed by atoms with van der Waals surface area (Å²) >= 11 is 0. The van der Waals surface area contributed by atoms with Crippen LogP contribution in [-0.2, 0) is 5.41 Å². The molecule has 0 saturated carbocycles. The quantitative estimate of drug-likeness (QED) is 0.869. The van der Waals surface area contributed by atoms with Crippen molar-refractivity contribution in [1.29, 1.82) is 0 Å². The lowest BCUT2D eigenvalue weighted by Gasteiger charge is -2.21. The molecule has 0 bridgehead atoms. The van der Waals surface area contributed by atoms with Gasteiger partial charge in [-0.2, -0.15) is 0 Å². The molecule has 0 aromatic heterocycles. The van der Waals surface area contributed by atoms with Crippen molar-refractivity contribution in [3.63, 3.8) is 0 Å². The number of ether oxygens (including phenoxy) is 1. The molecule has 0 fully saturated rings. The van der Waals surface area contributed by atoms with E-state index in [4.69, 9.17) is 4.74 Å². The summed E-state index contributed by atoms with van der Waals surface area (Å²) in [5.74, 6) is 1.09. The van der Waals surface area contributed by atoms with Gasteiger partial charge in [0.25, 0.3) is 0 Å². The molecule has 118 valence electrons. The van der Waals surface area contributed by atoms with Gasteiger partial charge in [-0.25, -0.2) is 0 Å². The highest BCUT2D eigenvalue weighted by Gasteiger charge is 2.16. The Morgan fingerprint density at radius 3 is 2.23 bits per heavy atom. The van der Waals surface area contributed by atoms with Gasteiger partial charge in [-0.05, 0) is 40.8 Å². The summed E-state index contributed by atoms with van der Waals surface area (Å²) in [7, 11) is 0. The molecular weight excluding hydrogens is 276 g/mol. The Morgan fingerprint density at radius 1 is 1.00 bits per heavy atom. The van der Waals surface area contributed by atoms with E-state index in [2.05, 4.69) is 27.7 Å². The van der Waals surface area contributed by atoms with Gasteiger partial charge in [-0.3, -0.25) is 0 Å². The summed E-state index contributed by atoms with van der Waals surface area (Å²) in [6.45, 7) is 8.90. The minimum absolute atomic E-state index is 0.00832. The average Bonchev–Trinajstić information content (AvgIpc) is 2.45. The summed E-state index contributed by atoms with van der Waals surface area (Å²) in [5.41, 5.74) is 2.22. The number of benzene rings is 2. The highest BCUT2D eigenvalue weighted by molar-refractivity contribution is 5.44. The van der Waals surface area contributed by atoms with Crippen molar-refractivity contribution in [3.05, 3.63) is 53.6 Å². The Hall–Kier alpha value is -2.16. The van der Waals surface area contributed by atoms with Crippen molar-refractivity contribution in [1.82, 2.24) is 0 Å². The molecule has 22 heavy (non-hydrogen) atoms. The fraction of sp³-hybridized carbons (Fsp3) is 0.368. The van der Waals surface area contributed by atoms with Crippen LogP contribution in [0.5, 0.6) is 17.2 Å². The topological polar surface area (TPSA) is 49.7 Å². The van der Waals surface area contributed by atoms with E-state index in [1.807, 2.05) is 24.3 Å². The van der Waals surface area contributed by atoms with Crippen LogP contribution in [0.15, 0.2) is 42.5 Å². The van der Waals surface area contributed by atoms with Crippen molar-refractivity contribution in [2.24, 2.45) is 0 Å². The van der Waals surface area contributed by atoms with Gasteiger partial charge in [0.2, 0.25) is 0 Å². The van der Waals surface area contributed by atoms with Gasteiger partial charge in [0.05, 0.1) is 6.61 Å². The number of hydrogen-bond donors (Lipinski definition) is 2. The molecule has 3 nitrogen and oxygen atoms in total. The number of rotatable bonds is 4. The Labute approximate surface area is 132 Å². The minimum Gasteiger partial charge on any atom is -0.508 e. The van der Waals surface area contributed by atoms with Gasteiger partial charge in [0.1, 0.15) is 5.75 Å². The first kappa shape index (κ1) is 16.2. The Kier molecular flexibility index (Phi) is 4.65. The second-order valence-corrected chi connectivity index (χ2v) is 6.74. The van der Waals surface area contributed by atoms with Gasteiger partial charge in [0, 0.05) is 5.92 Å². The highest BCUT2D eigenvalue weighted by atomic mass is 16.5. The van der Waals surface area contributed by atoms with Crippen molar-refractivity contribution >= 4 is 0 Å². The van der Waals surface area contributed by atoms with E-state index in [9.17, 15) is 10.2 Å². The molecule has 0 radical (unpaired) electrons. The standard InChI is InChI=1S/C19H24O3/c1-13(14-5-8-16(20)9-6-14)12-22-18-11-15(19(2,3)4)7-10-17(18)21/h5-11,13,20-21H,12H2,1-4H3. The lowest BCUT2D eigenvalue weighted by Crippen LogP contribution is -2.12. The van der Waals surface area contributed by atoms with Crippen LogP contribution < -0.4 is 4.74 Å². The smallest absolute Gasteiger partial charge is 0.161 e. The lowest BCUT2D eigenvalue weighted by atomic mass is 9.87. The summed E-state index contributed by atoms with van der Waals surface area (Å²) in [4.78, 5) is 0. The third-order valence-corrected chi connectivity index (χ3v) is 3.78. The molecular formula is C19H24O3. The summed E-state index contributed by atoms with van der Waals surface area (Å²) < 4.78 is 5.81. The first-order chi connectivity index (χ1) is 10.3. The first-order valence-corrected chi connectivity index (χ1v) is 7.52. The SMILES string of the molecule is CC(COc1cc(C(C)(C)C)ccc1O)c1ccc(O)cc1. The van der Waals surface area contributed by atoms with E-state index in [1.54, 1.807) is 18.2 Å². The zero-order valence-electron chi connectivity index (χ0n) is 13.6. The van der Waals surface area contributed by atoms with Crippen molar-refractivity contribution in [2.75, 3.05) is 6.61 Å². The molecule has 1 unspecified atom stereocenters. The monoisotopic (exact) mass is 300 g/mol. The molecule has 3 heteroatoms. The second-order valence-electron chi connectivity index (χ2n) is 6.74. The van der Waals surface area contributed by atoms with E-state index in [0.29, 0.717) is 12.4 Å². The number of phenols is 2. The predicted molar refractivity (Wildman–Crippen MR) is 88.8 cm³/mol. The third kappa shape index (κ3) is 3.94. The van der Waals surface area contributed by atoms with Crippen molar-refractivity contribution in [3.8, 4) is 17.2 Å². The van der Waals surface area contributed by atoms with Gasteiger partial charge in [0.15, 0.2) is 11.5 Å². The number of hydrogen-bond acceptors (Lipinski definition) is 3. The van der Waals surface area contributed by atoms with Crippen LogP contribution in [0.4, 0.5) is 0 Å². The fourth-order valence-electron chi connectivity index (χ4n) is 2.21. The van der Waals surface area contributed by atoms with E-state index in [-0.39, 0.29) is 22.8 Å². The molecule has 0 heterocycles.